The Morgan fingerprint density at radius 3 is 2.69 bits per heavy atom. The highest BCUT2D eigenvalue weighted by Crippen LogP contribution is 2.31. The van der Waals surface area contributed by atoms with E-state index in [1.54, 1.807) is 0 Å². The highest BCUT2D eigenvalue weighted by molar-refractivity contribution is 7.84. The third kappa shape index (κ3) is 3.08. The smallest absolute Gasteiger partial charge is 0.240 e. The maximum atomic E-state index is 11.3. The summed E-state index contributed by atoms with van der Waals surface area (Å²) >= 11 is 0. The molecule has 0 aromatic rings. The van der Waals surface area contributed by atoms with Crippen LogP contribution in [0.15, 0.2) is 0 Å². The van der Waals surface area contributed by atoms with Gasteiger partial charge in [0.2, 0.25) is 5.91 Å². The van der Waals surface area contributed by atoms with Gasteiger partial charge >= 0.3 is 0 Å². The maximum Gasteiger partial charge on any atom is 0.240 e. The van der Waals surface area contributed by atoms with E-state index < -0.39 is 16.3 Å². The molecule has 1 unspecified atom stereocenters. The van der Waals surface area contributed by atoms with Gasteiger partial charge in [0.15, 0.2) is 0 Å². The van der Waals surface area contributed by atoms with Crippen molar-refractivity contribution >= 4 is 16.7 Å². The lowest BCUT2D eigenvalue weighted by Crippen LogP contribution is -2.43. The SMILES string of the molecule is CCS(=O)CCNC(=O)C1(N)CC1. The fourth-order valence-corrected chi connectivity index (χ4v) is 1.58. The van der Waals surface area contributed by atoms with Crippen LogP contribution in [0.5, 0.6) is 0 Å². The Balaban J connectivity index is 2.12. The minimum absolute atomic E-state index is 0.0967. The number of hydrogen-bond donors (Lipinski definition) is 2. The molecule has 0 saturated heterocycles. The van der Waals surface area contributed by atoms with Gasteiger partial charge < -0.3 is 11.1 Å². The molecule has 0 aliphatic heterocycles. The zero-order valence-corrected chi connectivity index (χ0v) is 8.65. The minimum Gasteiger partial charge on any atom is -0.354 e. The molecule has 13 heavy (non-hydrogen) atoms. The summed E-state index contributed by atoms with van der Waals surface area (Å²) in [5.74, 6) is 1.07. The fourth-order valence-electron chi connectivity index (χ4n) is 0.960. The van der Waals surface area contributed by atoms with Crippen LogP contribution in [0.2, 0.25) is 0 Å². The third-order valence-corrected chi connectivity index (χ3v) is 3.48. The van der Waals surface area contributed by atoms with Gasteiger partial charge in [-0.2, -0.15) is 0 Å². The van der Waals surface area contributed by atoms with E-state index in [0.29, 0.717) is 18.1 Å². The van der Waals surface area contributed by atoms with Gasteiger partial charge in [-0.05, 0) is 12.8 Å². The van der Waals surface area contributed by atoms with Crippen molar-refractivity contribution in [2.24, 2.45) is 5.73 Å². The predicted molar refractivity (Wildman–Crippen MR) is 52.7 cm³/mol. The Morgan fingerprint density at radius 1 is 1.62 bits per heavy atom. The third-order valence-electron chi connectivity index (χ3n) is 2.18. The maximum absolute atomic E-state index is 11.3. The Kier molecular flexibility index (Phi) is 3.44. The molecular formula is C8H16N2O2S. The molecule has 1 atom stereocenters. The lowest BCUT2D eigenvalue weighted by molar-refractivity contribution is -0.123. The predicted octanol–water partition coefficient (Wildman–Crippen LogP) is -0.637. The monoisotopic (exact) mass is 204 g/mol. The van der Waals surface area contributed by atoms with E-state index in [2.05, 4.69) is 5.32 Å². The van der Waals surface area contributed by atoms with Crippen molar-refractivity contribution in [3.63, 3.8) is 0 Å². The van der Waals surface area contributed by atoms with Crippen molar-refractivity contribution in [1.29, 1.82) is 0 Å². The van der Waals surface area contributed by atoms with Gasteiger partial charge in [-0.25, -0.2) is 0 Å². The second-order valence-electron chi connectivity index (χ2n) is 3.34. The summed E-state index contributed by atoms with van der Waals surface area (Å²) in [6, 6.07) is 0. The van der Waals surface area contributed by atoms with Crippen molar-refractivity contribution < 1.29 is 9.00 Å². The normalized spacial score (nSPS) is 20.8. The van der Waals surface area contributed by atoms with Crippen molar-refractivity contribution in [3.05, 3.63) is 0 Å². The molecule has 76 valence electrons. The van der Waals surface area contributed by atoms with E-state index in [0.717, 1.165) is 12.8 Å². The van der Waals surface area contributed by atoms with Crippen LogP contribution in [-0.2, 0) is 15.6 Å². The number of amides is 1. The minimum atomic E-state index is -0.805. The molecule has 5 heteroatoms. The summed E-state index contributed by atoms with van der Waals surface area (Å²) in [4.78, 5) is 11.3. The molecule has 1 aliphatic rings. The van der Waals surface area contributed by atoms with Crippen LogP contribution in [0, 0.1) is 0 Å². The molecular weight excluding hydrogens is 188 g/mol. The topological polar surface area (TPSA) is 72.2 Å². The highest BCUT2D eigenvalue weighted by atomic mass is 32.2. The van der Waals surface area contributed by atoms with Crippen LogP contribution in [0.3, 0.4) is 0 Å². The van der Waals surface area contributed by atoms with Gasteiger partial charge in [0.05, 0.1) is 5.54 Å². The second kappa shape index (κ2) is 4.19. The molecule has 0 aromatic heterocycles. The van der Waals surface area contributed by atoms with Gasteiger partial charge in [-0.15, -0.1) is 0 Å². The zero-order chi connectivity index (χ0) is 9.90. The number of rotatable bonds is 5. The molecule has 0 radical (unpaired) electrons. The first-order valence-electron chi connectivity index (χ1n) is 4.50. The molecule has 1 fully saturated rings. The number of carbonyl (C=O) groups is 1. The van der Waals surface area contributed by atoms with Crippen LogP contribution in [0.25, 0.3) is 0 Å². The molecule has 1 rings (SSSR count). The van der Waals surface area contributed by atoms with Gasteiger partial charge in [0, 0.05) is 28.9 Å². The van der Waals surface area contributed by atoms with Gasteiger partial charge in [0.1, 0.15) is 0 Å². The van der Waals surface area contributed by atoms with E-state index in [1.807, 2.05) is 6.92 Å². The average molecular weight is 204 g/mol. The largest absolute Gasteiger partial charge is 0.354 e. The highest BCUT2D eigenvalue weighted by Gasteiger charge is 2.45. The first-order chi connectivity index (χ1) is 6.08. The number of nitrogens with two attached hydrogens (primary N) is 1. The Hall–Kier alpha value is -0.420. The van der Waals surface area contributed by atoms with Crippen LogP contribution < -0.4 is 11.1 Å². The molecule has 0 heterocycles. The molecule has 1 aliphatic carbocycles. The van der Waals surface area contributed by atoms with E-state index in [9.17, 15) is 9.00 Å². The molecule has 0 aromatic carbocycles. The first kappa shape index (κ1) is 10.7. The van der Waals surface area contributed by atoms with Crippen molar-refractivity contribution in [1.82, 2.24) is 5.32 Å². The summed E-state index contributed by atoms with van der Waals surface area (Å²) in [5, 5.41) is 2.69. The van der Waals surface area contributed by atoms with Gasteiger partial charge in [-0.1, -0.05) is 6.92 Å². The van der Waals surface area contributed by atoms with E-state index in [-0.39, 0.29) is 5.91 Å². The van der Waals surface area contributed by atoms with Crippen molar-refractivity contribution in [2.75, 3.05) is 18.1 Å². The van der Waals surface area contributed by atoms with Crippen LogP contribution in [0.1, 0.15) is 19.8 Å². The number of hydrogen-bond acceptors (Lipinski definition) is 3. The Bertz CT molecular complexity index is 226. The number of nitrogens with one attached hydrogen (secondary N) is 1. The lowest BCUT2D eigenvalue weighted by Gasteiger charge is -2.08. The van der Waals surface area contributed by atoms with E-state index >= 15 is 0 Å². The van der Waals surface area contributed by atoms with E-state index in [4.69, 9.17) is 5.73 Å². The quantitative estimate of drug-likeness (QED) is 0.626. The summed E-state index contributed by atoms with van der Waals surface area (Å²) in [5.41, 5.74) is 5.05. The zero-order valence-electron chi connectivity index (χ0n) is 7.84. The Morgan fingerprint density at radius 2 is 2.23 bits per heavy atom. The summed E-state index contributed by atoms with van der Waals surface area (Å²) < 4.78 is 11.0. The summed E-state index contributed by atoms with van der Waals surface area (Å²) in [6.45, 7) is 2.33. The molecule has 0 spiro atoms. The number of carbonyl (C=O) groups excluding carboxylic acids is 1. The summed E-state index contributed by atoms with van der Waals surface area (Å²) in [7, 11) is -0.805. The standard InChI is InChI=1S/C8H16N2O2S/c1-2-13(12)6-5-10-7(11)8(9)3-4-8/h2-6,9H2,1H3,(H,10,11). The summed E-state index contributed by atoms with van der Waals surface area (Å²) in [6.07, 6.45) is 1.55. The van der Waals surface area contributed by atoms with Crippen LogP contribution in [-0.4, -0.2) is 33.7 Å². The lowest BCUT2D eigenvalue weighted by atomic mass is 10.3. The van der Waals surface area contributed by atoms with E-state index in [1.165, 1.54) is 0 Å². The van der Waals surface area contributed by atoms with Crippen LogP contribution in [0.4, 0.5) is 0 Å². The average Bonchev–Trinajstić information content (AvgIpc) is 2.84. The molecule has 3 N–H and O–H groups in total. The van der Waals surface area contributed by atoms with Gasteiger partial charge in [-0.3, -0.25) is 9.00 Å². The fraction of sp³-hybridized carbons (Fsp3) is 0.875. The second-order valence-corrected chi connectivity index (χ2v) is 5.21. The van der Waals surface area contributed by atoms with Gasteiger partial charge in [0.25, 0.3) is 0 Å². The first-order valence-corrected chi connectivity index (χ1v) is 5.99. The van der Waals surface area contributed by atoms with Crippen molar-refractivity contribution in [3.8, 4) is 0 Å². The Labute approximate surface area is 80.7 Å². The molecule has 0 bridgehead atoms. The molecule has 1 saturated carbocycles. The van der Waals surface area contributed by atoms with Crippen molar-refractivity contribution in [2.45, 2.75) is 25.3 Å². The van der Waals surface area contributed by atoms with Crippen LogP contribution >= 0.6 is 0 Å². The molecule has 4 nitrogen and oxygen atoms in total. The molecule has 1 amide bonds.